The number of rotatable bonds is 5. The highest BCUT2D eigenvalue weighted by Crippen LogP contribution is 2.27. The normalized spacial score (nSPS) is 19.1. The Labute approximate surface area is 142 Å². The Morgan fingerprint density at radius 3 is 2.96 bits per heavy atom. The van der Waals surface area contributed by atoms with Crippen LogP contribution in [0, 0.1) is 0 Å². The maximum absolute atomic E-state index is 13.0. The predicted octanol–water partition coefficient (Wildman–Crippen LogP) is 1.57. The van der Waals surface area contributed by atoms with Crippen LogP contribution in [0.4, 0.5) is 0 Å². The van der Waals surface area contributed by atoms with Crippen LogP contribution in [-0.4, -0.2) is 44.5 Å². The summed E-state index contributed by atoms with van der Waals surface area (Å²) in [5.41, 5.74) is 1.62. The molecule has 0 spiro atoms. The molecule has 0 radical (unpaired) electrons. The van der Waals surface area contributed by atoms with E-state index in [1.807, 2.05) is 12.1 Å². The zero-order chi connectivity index (χ0) is 17.0. The zero-order valence-electron chi connectivity index (χ0n) is 13.6. The molecule has 3 rings (SSSR count). The molecule has 0 amide bonds. The molecule has 1 saturated heterocycles. The second-order valence-corrected chi connectivity index (χ2v) is 7.65. The molecule has 128 valence electrons. The second-order valence-electron chi connectivity index (χ2n) is 5.72. The molecular weight excluding hydrogens is 326 g/mol. The van der Waals surface area contributed by atoms with E-state index in [4.69, 9.17) is 4.74 Å². The SMILES string of the molecule is COc1cccc(CS(=O)(=O)N2CCNCC2c2cccnc2)c1. The Balaban J connectivity index is 1.86. The Morgan fingerprint density at radius 1 is 1.33 bits per heavy atom. The van der Waals surface area contributed by atoms with Gasteiger partial charge in [0.25, 0.3) is 0 Å². The highest BCUT2D eigenvalue weighted by atomic mass is 32.2. The Kier molecular flexibility index (Phi) is 5.13. The summed E-state index contributed by atoms with van der Waals surface area (Å²) in [4.78, 5) is 4.12. The fourth-order valence-corrected chi connectivity index (χ4v) is 4.65. The Bertz CT molecular complexity index is 781. The van der Waals surface area contributed by atoms with Gasteiger partial charge in [-0.2, -0.15) is 4.31 Å². The molecule has 1 aliphatic rings. The van der Waals surface area contributed by atoms with Crippen molar-refractivity contribution in [2.45, 2.75) is 11.8 Å². The van der Waals surface area contributed by atoms with Gasteiger partial charge >= 0.3 is 0 Å². The van der Waals surface area contributed by atoms with Gasteiger partial charge in [0, 0.05) is 32.0 Å². The average Bonchev–Trinajstić information content (AvgIpc) is 2.62. The summed E-state index contributed by atoms with van der Waals surface area (Å²) in [6.45, 7) is 1.68. The summed E-state index contributed by atoms with van der Waals surface area (Å²) in [5, 5.41) is 3.26. The van der Waals surface area contributed by atoms with Crippen LogP contribution in [0.5, 0.6) is 5.75 Å². The molecule has 1 fully saturated rings. The summed E-state index contributed by atoms with van der Waals surface area (Å²) in [5.74, 6) is 0.618. The van der Waals surface area contributed by atoms with Crippen LogP contribution in [0.1, 0.15) is 17.2 Å². The van der Waals surface area contributed by atoms with E-state index >= 15 is 0 Å². The van der Waals surface area contributed by atoms with Crippen LogP contribution in [0.3, 0.4) is 0 Å². The minimum absolute atomic E-state index is 0.0407. The fourth-order valence-electron chi connectivity index (χ4n) is 2.93. The molecule has 1 N–H and O–H groups in total. The number of hydrogen-bond donors (Lipinski definition) is 1. The third-order valence-corrected chi connectivity index (χ3v) is 5.95. The maximum Gasteiger partial charge on any atom is 0.218 e. The van der Waals surface area contributed by atoms with E-state index in [1.165, 1.54) is 0 Å². The molecule has 1 aliphatic heterocycles. The number of hydrogen-bond acceptors (Lipinski definition) is 5. The topological polar surface area (TPSA) is 71.5 Å². The number of sulfonamides is 1. The van der Waals surface area contributed by atoms with Gasteiger partial charge in [0.05, 0.1) is 18.9 Å². The van der Waals surface area contributed by atoms with E-state index in [0.717, 1.165) is 11.1 Å². The monoisotopic (exact) mass is 347 g/mol. The smallest absolute Gasteiger partial charge is 0.218 e. The van der Waals surface area contributed by atoms with Crippen LogP contribution >= 0.6 is 0 Å². The quantitative estimate of drug-likeness (QED) is 0.889. The van der Waals surface area contributed by atoms with E-state index in [9.17, 15) is 8.42 Å². The first-order valence-corrected chi connectivity index (χ1v) is 9.44. The van der Waals surface area contributed by atoms with E-state index < -0.39 is 10.0 Å². The van der Waals surface area contributed by atoms with Crippen molar-refractivity contribution in [1.82, 2.24) is 14.6 Å². The number of aromatic nitrogens is 1. The van der Waals surface area contributed by atoms with Gasteiger partial charge in [-0.05, 0) is 29.3 Å². The van der Waals surface area contributed by atoms with E-state index in [-0.39, 0.29) is 11.8 Å². The van der Waals surface area contributed by atoms with Crippen LogP contribution in [0.2, 0.25) is 0 Å². The molecule has 2 heterocycles. The van der Waals surface area contributed by atoms with Crippen molar-refractivity contribution in [2.75, 3.05) is 26.7 Å². The minimum Gasteiger partial charge on any atom is -0.497 e. The van der Waals surface area contributed by atoms with E-state index in [0.29, 0.717) is 25.4 Å². The Hall–Kier alpha value is -1.96. The number of ether oxygens (including phenoxy) is 1. The van der Waals surface area contributed by atoms with E-state index in [1.54, 1.807) is 48.1 Å². The molecule has 0 saturated carbocycles. The summed E-state index contributed by atoms with van der Waals surface area (Å²) < 4.78 is 32.7. The molecule has 1 aromatic carbocycles. The summed E-state index contributed by atoms with van der Waals surface area (Å²) in [6, 6.07) is 10.7. The highest BCUT2D eigenvalue weighted by Gasteiger charge is 2.33. The number of benzene rings is 1. The lowest BCUT2D eigenvalue weighted by molar-refractivity contribution is 0.271. The van der Waals surface area contributed by atoms with Gasteiger partial charge in [-0.1, -0.05) is 18.2 Å². The number of nitrogens with zero attached hydrogens (tertiary/aromatic N) is 2. The molecule has 0 aliphatic carbocycles. The molecule has 24 heavy (non-hydrogen) atoms. The van der Waals surface area contributed by atoms with Crippen molar-refractivity contribution < 1.29 is 13.2 Å². The van der Waals surface area contributed by atoms with Crippen molar-refractivity contribution in [2.24, 2.45) is 0 Å². The summed E-state index contributed by atoms with van der Waals surface area (Å²) in [6.07, 6.45) is 3.42. The molecule has 6 nitrogen and oxygen atoms in total. The van der Waals surface area contributed by atoms with Crippen molar-refractivity contribution in [3.63, 3.8) is 0 Å². The first-order valence-electron chi connectivity index (χ1n) is 7.83. The van der Waals surface area contributed by atoms with Crippen molar-refractivity contribution in [1.29, 1.82) is 0 Å². The first-order chi connectivity index (χ1) is 11.6. The highest BCUT2D eigenvalue weighted by molar-refractivity contribution is 7.88. The number of nitrogens with one attached hydrogen (secondary N) is 1. The molecule has 0 bridgehead atoms. The fraction of sp³-hybridized carbons (Fsp3) is 0.353. The average molecular weight is 347 g/mol. The van der Waals surface area contributed by atoms with Crippen LogP contribution in [0.25, 0.3) is 0 Å². The van der Waals surface area contributed by atoms with Gasteiger partial charge < -0.3 is 10.1 Å². The van der Waals surface area contributed by atoms with Crippen LogP contribution < -0.4 is 10.1 Å². The molecule has 1 atom stereocenters. The van der Waals surface area contributed by atoms with Crippen molar-refractivity contribution in [3.8, 4) is 5.75 Å². The molecule has 2 aromatic rings. The third kappa shape index (κ3) is 3.75. The van der Waals surface area contributed by atoms with Crippen LogP contribution in [0.15, 0.2) is 48.8 Å². The Morgan fingerprint density at radius 2 is 2.21 bits per heavy atom. The number of pyridine rings is 1. The van der Waals surface area contributed by atoms with Gasteiger partial charge in [0.2, 0.25) is 10.0 Å². The lowest BCUT2D eigenvalue weighted by Gasteiger charge is -2.35. The molecular formula is C17H21N3O3S. The maximum atomic E-state index is 13.0. The summed E-state index contributed by atoms with van der Waals surface area (Å²) in [7, 11) is -1.88. The largest absolute Gasteiger partial charge is 0.497 e. The third-order valence-electron chi connectivity index (χ3n) is 4.10. The molecule has 7 heteroatoms. The van der Waals surface area contributed by atoms with Gasteiger partial charge in [-0.15, -0.1) is 0 Å². The van der Waals surface area contributed by atoms with E-state index in [2.05, 4.69) is 10.3 Å². The van der Waals surface area contributed by atoms with Gasteiger partial charge in [-0.25, -0.2) is 8.42 Å². The minimum atomic E-state index is -3.45. The lowest BCUT2D eigenvalue weighted by Crippen LogP contribution is -2.48. The van der Waals surface area contributed by atoms with Gasteiger partial charge in [0.15, 0.2) is 0 Å². The number of piperazine rings is 1. The molecule has 1 unspecified atom stereocenters. The van der Waals surface area contributed by atoms with Gasteiger partial charge in [-0.3, -0.25) is 4.98 Å². The summed E-state index contributed by atoms with van der Waals surface area (Å²) >= 11 is 0. The molecule has 1 aromatic heterocycles. The van der Waals surface area contributed by atoms with Gasteiger partial charge in [0.1, 0.15) is 5.75 Å². The van der Waals surface area contributed by atoms with Crippen molar-refractivity contribution in [3.05, 3.63) is 59.9 Å². The standard InChI is InChI=1S/C17H21N3O3S/c1-23-16-6-2-4-14(10-16)13-24(21,22)20-9-8-19-12-17(20)15-5-3-7-18-11-15/h2-7,10-11,17,19H,8-9,12-13H2,1H3. The first kappa shape index (κ1) is 16.9. The number of methoxy groups -OCH3 is 1. The zero-order valence-corrected chi connectivity index (χ0v) is 14.4. The second kappa shape index (κ2) is 7.29. The lowest BCUT2D eigenvalue weighted by atomic mass is 10.1. The predicted molar refractivity (Wildman–Crippen MR) is 92.2 cm³/mol. The van der Waals surface area contributed by atoms with Crippen molar-refractivity contribution >= 4 is 10.0 Å². The van der Waals surface area contributed by atoms with Crippen LogP contribution in [-0.2, 0) is 15.8 Å².